The molecule has 11 heavy (non-hydrogen) atoms. The monoisotopic (exact) mass is 157 g/mol. The van der Waals surface area contributed by atoms with Gasteiger partial charge in [-0.25, -0.2) is 5.84 Å². The molecular formula is C8H19N3. The van der Waals surface area contributed by atoms with Crippen LogP contribution in [0.4, 0.5) is 0 Å². The molecule has 3 nitrogen and oxygen atoms in total. The quantitative estimate of drug-likeness (QED) is 0.465. The van der Waals surface area contributed by atoms with Crippen molar-refractivity contribution in [2.24, 2.45) is 11.6 Å². The molecule has 0 atom stereocenters. The van der Waals surface area contributed by atoms with Gasteiger partial charge in [-0.15, -0.1) is 0 Å². The van der Waals surface area contributed by atoms with Gasteiger partial charge in [-0.1, -0.05) is 20.3 Å². The van der Waals surface area contributed by atoms with Crippen LogP contribution in [0.5, 0.6) is 0 Å². The maximum atomic E-state index is 5.71. The largest absolute Gasteiger partial charge is 0.403 e. The van der Waals surface area contributed by atoms with E-state index in [1.54, 1.807) is 11.2 Å². The molecule has 0 aliphatic carbocycles. The van der Waals surface area contributed by atoms with Gasteiger partial charge in [-0.05, 0) is 12.8 Å². The number of hydrogen-bond acceptors (Lipinski definition) is 3. The molecule has 0 spiro atoms. The van der Waals surface area contributed by atoms with Crippen LogP contribution in [-0.2, 0) is 0 Å². The highest BCUT2D eigenvalue weighted by Gasteiger charge is 1.99. The Morgan fingerprint density at radius 1 is 1.45 bits per heavy atom. The zero-order valence-electron chi connectivity index (χ0n) is 7.51. The zero-order chi connectivity index (χ0) is 8.69. The molecule has 0 saturated carbocycles. The minimum absolute atomic E-state index is 0.896. The lowest BCUT2D eigenvalue weighted by molar-refractivity contribution is 0.340. The first-order valence-electron chi connectivity index (χ1n) is 4.19. The smallest absolute Gasteiger partial charge is 0.0442 e. The summed E-state index contributed by atoms with van der Waals surface area (Å²) in [6.45, 7) is 5.09. The van der Waals surface area contributed by atoms with E-state index in [0.717, 1.165) is 31.5 Å². The summed E-state index contributed by atoms with van der Waals surface area (Å²) < 4.78 is 0. The molecule has 0 fully saturated rings. The lowest BCUT2D eigenvalue weighted by atomic mass is 10.3. The highest BCUT2D eigenvalue weighted by Crippen LogP contribution is 2.02. The maximum absolute atomic E-state index is 5.71. The van der Waals surface area contributed by atoms with Gasteiger partial charge in [0.05, 0.1) is 0 Å². The molecule has 3 heteroatoms. The van der Waals surface area contributed by atoms with Crippen molar-refractivity contribution in [3.8, 4) is 0 Å². The van der Waals surface area contributed by atoms with E-state index in [1.807, 2.05) is 6.92 Å². The summed E-state index contributed by atoms with van der Waals surface area (Å²) >= 11 is 0. The maximum Gasteiger partial charge on any atom is 0.0442 e. The highest BCUT2D eigenvalue weighted by atomic mass is 15.4. The molecule has 0 aromatic heterocycles. The first-order valence-corrected chi connectivity index (χ1v) is 4.19. The fraction of sp³-hybridized carbons (Fsp3) is 0.750. The van der Waals surface area contributed by atoms with Gasteiger partial charge in [0.15, 0.2) is 0 Å². The average molecular weight is 157 g/mol. The third-order valence-corrected chi connectivity index (χ3v) is 1.68. The van der Waals surface area contributed by atoms with Crippen molar-refractivity contribution < 1.29 is 0 Å². The fourth-order valence-corrected chi connectivity index (χ4v) is 0.889. The van der Waals surface area contributed by atoms with E-state index in [1.165, 1.54) is 0 Å². The summed E-state index contributed by atoms with van der Waals surface area (Å²) in [5, 5.41) is 1.73. The minimum Gasteiger partial charge on any atom is -0.403 e. The number of rotatable bonds is 5. The Balaban J connectivity index is 3.70. The lowest BCUT2D eigenvalue weighted by Crippen LogP contribution is -2.31. The second-order valence-electron chi connectivity index (χ2n) is 2.56. The summed E-state index contributed by atoms with van der Waals surface area (Å²) in [6, 6.07) is 0. The Morgan fingerprint density at radius 2 is 2.09 bits per heavy atom. The molecule has 0 radical (unpaired) electrons. The molecule has 0 amide bonds. The summed E-state index contributed by atoms with van der Waals surface area (Å²) in [5.41, 5.74) is 6.38. The molecule has 0 aromatic carbocycles. The predicted molar refractivity (Wildman–Crippen MR) is 48.4 cm³/mol. The summed E-state index contributed by atoms with van der Waals surface area (Å²) in [4.78, 5) is 0. The van der Waals surface area contributed by atoms with Gasteiger partial charge in [0.25, 0.3) is 0 Å². The third-order valence-electron chi connectivity index (χ3n) is 1.68. The van der Waals surface area contributed by atoms with Crippen LogP contribution >= 0.6 is 0 Å². The van der Waals surface area contributed by atoms with Crippen LogP contribution in [-0.4, -0.2) is 11.6 Å². The molecule has 0 saturated heterocycles. The topological polar surface area (TPSA) is 55.3 Å². The lowest BCUT2D eigenvalue weighted by Gasteiger charge is -2.19. The number of hydrazine groups is 1. The molecule has 0 aliphatic heterocycles. The molecule has 0 aromatic rings. The summed E-state index contributed by atoms with van der Waals surface area (Å²) in [6.07, 6.45) is 4.76. The van der Waals surface area contributed by atoms with Gasteiger partial charge in [0.2, 0.25) is 0 Å². The number of allylic oxidation sites excluding steroid dienone is 1. The number of nitrogens with zero attached hydrogens (tertiary/aromatic N) is 1. The van der Waals surface area contributed by atoms with Gasteiger partial charge in [-0.3, -0.25) is 0 Å². The van der Waals surface area contributed by atoms with Crippen molar-refractivity contribution in [3.05, 3.63) is 11.9 Å². The molecule has 0 heterocycles. The van der Waals surface area contributed by atoms with Crippen molar-refractivity contribution in [2.45, 2.75) is 33.1 Å². The van der Waals surface area contributed by atoms with E-state index in [-0.39, 0.29) is 0 Å². The number of hydrogen-bond donors (Lipinski definition) is 2. The van der Waals surface area contributed by atoms with Gasteiger partial charge >= 0.3 is 0 Å². The van der Waals surface area contributed by atoms with Crippen molar-refractivity contribution in [1.29, 1.82) is 0 Å². The summed E-state index contributed by atoms with van der Waals surface area (Å²) in [7, 11) is 0. The second kappa shape index (κ2) is 6.04. The Labute approximate surface area is 69.0 Å². The second-order valence-corrected chi connectivity index (χ2v) is 2.56. The van der Waals surface area contributed by atoms with Crippen LogP contribution in [0, 0.1) is 0 Å². The Kier molecular flexibility index (Phi) is 5.65. The molecule has 4 N–H and O–H groups in total. The van der Waals surface area contributed by atoms with Crippen LogP contribution in [0.15, 0.2) is 11.9 Å². The van der Waals surface area contributed by atoms with Crippen molar-refractivity contribution in [1.82, 2.24) is 5.01 Å². The van der Waals surface area contributed by atoms with Crippen LogP contribution in [0.3, 0.4) is 0 Å². The Hall–Kier alpha value is -0.700. The highest BCUT2D eigenvalue weighted by molar-refractivity contribution is 4.95. The van der Waals surface area contributed by atoms with E-state index < -0.39 is 0 Å². The van der Waals surface area contributed by atoms with Crippen LogP contribution in [0.1, 0.15) is 33.1 Å². The van der Waals surface area contributed by atoms with Gasteiger partial charge in [-0.2, -0.15) is 0 Å². The van der Waals surface area contributed by atoms with E-state index in [0.29, 0.717) is 0 Å². The van der Waals surface area contributed by atoms with E-state index in [2.05, 4.69) is 6.92 Å². The van der Waals surface area contributed by atoms with Crippen LogP contribution < -0.4 is 11.6 Å². The van der Waals surface area contributed by atoms with Gasteiger partial charge < -0.3 is 10.7 Å². The fourth-order valence-electron chi connectivity index (χ4n) is 0.889. The number of nitrogens with two attached hydrogens (primary N) is 2. The molecule has 0 bridgehead atoms. The molecule has 66 valence electrons. The van der Waals surface area contributed by atoms with Gasteiger partial charge in [0.1, 0.15) is 0 Å². The first kappa shape index (κ1) is 10.3. The molecular weight excluding hydrogens is 138 g/mol. The van der Waals surface area contributed by atoms with Crippen LogP contribution in [0.2, 0.25) is 0 Å². The SMILES string of the molecule is CCCCN(N)/C(=C\N)CC. The van der Waals surface area contributed by atoms with Gasteiger partial charge in [0, 0.05) is 18.4 Å². The Morgan fingerprint density at radius 3 is 2.45 bits per heavy atom. The van der Waals surface area contributed by atoms with Crippen molar-refractivity contribution in [3.63, 3.8) is 0 Å². The first-order chi connectivity index (χ1) is 5.26. The normalized spacial score (nSPS) is 11.7. The average Bonchev–Trinajstić information content (AvgIpc) is 2.03. The standard InChI is InChI=1S/C8H19N3/c1-3-5-6-11(10)8(4-2)7-9/h7H,3-6,9-10H2,1-2H3/b8-7-. The van der Waals surface area contributed by atoms with Crippen LogP contribution in [0.25, 0.3) is 0 Å². The molecule has 0 rings (SSSR count). The summed E-state index contributed by atoms with van der Waals surface area (Å²) in [5.74, 6) is 5.71. The number of unbranched alkanes of at least 4 members (excludes halogenated alkanes) is 1. The zero-order valence-corrected chi connectivity index (χ0v) is 7.51. The van der Waals surface area contributed by atoms with Crippen molar-refractivity contribution in [2.75, 3.05) is 6.54 Å². The van der Waals surface area contributed by atoms with Crippen molar-refractivity contribution >= 4 is 0 Å². The third kappa shape index (κ3) is 3.88. The van der Waals surface area contributed by atoms with E-state index in [9.17, 15) is 0 Å². The molecule has 0 aliphatic rings. The van der Waals surface area contributed by atoms with E-state index >= 15 is 0 Å². The molecule has 0 unspecified atom stereocenters. The Bertz CT molecular complexity index is 121. The minimum atomic E-state index is 0.896. The predicted octanol–water partition coefficient (Wildman–Crippen LogP) is 1.17. The van der Waals surface area contributed by atoms with E-state index in [4.69, 9.17) is 11.6 Å².